The van der Waals surface area contributed by atoms with Crippen LogP contribution in [-0.2, 0) is 16.4 Å². The summed E-state index contributed by atoms with van der Waals surface area (Å²) in [4.78, 5) is 11.3. The van der Waals surface area contributed by atoms with Crippen molar-refractivity contribution in [2.24, 2.45) is 0 Å². The minimum absolute atomic E-state index is 0.0487. The number of sulfone groups is 1. The predicted octanol–water partition coefficient (Wildman–Crippen LogP) is -0.517. The fourth-order valence-corrected chi connectivity index (χ4v) is 1.74. The first-order valence-electron chi connectivity index (χ1n) is 5.03. The summed E-state index contributed by atoms with van der Waals surface area (Å²) in [6.45, 7) is 1.54. The molecule has 1 aromatic heterocycles. The summed E-state index contributed by atoms with van der Waals surface area (Å²) in [6, 6.07) is 4.98. The maximum absolute atomic E-state index is 11.3. The van der Waals surface area contributed by atoms with Gasteiger partial charge in [0.15, 0.2) is 0 Å². The van der Waals surface area contributed by atoms with Gasteiger partial charge in [-0.25, -0.2) is 8.42 Å². The van der Waals surface area contributed by atoms with Crippen LogP contribution in [0.3, 0.4) is 0 Å². The van der Waals surface area contributed by atoms with E-state index in [9.17, 15) is 13.2 Å². The Hall–Kier alpha value is -1.14. The largest absolute Gasteiger partial charge is 0.314 e. The Kier molecular flexibility index (Phi) is 4.70. The summed E-state index contributed by atoms with van der Waals surface area (Å²) >= 11 is 0. The molecule has 0 aromatic carbocycles. The van der Waals surface area contributed by atoms with E-state index in [1.165, 1.54) is 12.3 Å². The number of aromatic nitrogens is 1. The zero-order valence-corrected chi connectivity index (χ0v) is 10.0. The van der Waals surface area contributed by atoms with Crippen LogP contribution < -0.4 is 10.9 Å². The van der Waals surface area contributed by atoms with Gasteiger partial charge in [-0.2, -0.15) is 0 Å². The summed E-state index contributed by atoms with van der Waals surface area (Å²) in [5.41, 5.74) is -0.0487. The van der Waals surface area contributed by atoms with Crippen molar-refractivity contribution in [3.63, 3.8) is 0 Å². The highest BCUT2D eigenvalue weighted by Crippen LogP contribution is 1.82. The van der Waals surface area contributed by atoms with Crippen LogP contribution in [-0.4, -0.2) is 38.1 Å². The first-order valence-corrected chi connectivity index (χ1v) is 7.09. The Morgan fingerprint density at radius 2 is 2.06 bits per heavy atom. The van der Waals surface area contributed by atoms with E-state index in [2.05, 4.69) is 5.32 Å². The van der Waals surface area contributed by atoms with E-state index in [0.717, 1.165) is 0 Å². The van der Waals surface area contributed by atoms with Gasteiger partial charge in [-0.05, 0) is 6.07 Å². The van der Waals surface area contributed by atoms with Crippen molar-refractivity contribution in [3.8, 4) is 0 Å². The third-order valence-electron chi connectivity index (χ3n) is 2.08. The highest BCUT2D eigenvalue weighted by Gasteiger charge is 2.00. The van der Waals surface area contributed by atoms with Crippen molar-refractivity contribution >= 4 is 9.84 Å². The van der Waals surface area contributed by atoms with Gasteiger partial charge in [-0.1, -0.05) is 6.07 Å². The molecule has 0 aliphatic rings. The van der Waals surface area contributed by atoms with E-state index in [0.29, 0.717) is 19.6 Å². The minimum atomic E-state index is -2.91. The lowest BCUT2D eigenvalue weighted by atomic mass is 10.4. The van der Waals surface area contributed by atoms with Gasteiger partial charge >= 0.3 is 0 Å². The Morgan fingerprint density at radius 3 is 2.69 bits per heavy atom. The third kappa shape index (κ3) is 5.09. The molecule has 1 N–H and O–H groups in total. The van der Waals surface area contributed by atoms with Gasteiger partial charge in [0.25, 0.3) is 5.56 Å². The van der Waals surface area contributed by atoms with Crippen LogP contribution in [0.15, 0.2) is 29.2 Å². The Morgan fingerprint density at radius 1 is 1.31 bits per heavy atom. The van der Waals surface area contributed by atoms with E-state index in [-0.39, 0.29) is 11.3 Å². The fourth-order valence-electron chi connectivity index (χ4n) is 1.23. The van der Waals surface area contributed by atoms with E-state index in [4.69, 9.17) is 0 Å². The number of rotatable bonds is 6. The quantitative estimate of drug-likeness (QED) is 0.684. The molecule has 1 heterocycles. The molecule has 0 aliphatic carbocycles. The SMILES string of the molecule is CS(=O)(=O)CCNCCn1ccccc1=O. The minimum Gasteiger partial charge on any atom is -0.314 e. The molecule has 0 atom stereocenters. The molecule has 0 saturated carbocycles. The number of hydrogen-bond acceptors (Lipinski definition) is 4. The second kappa shape index (κ2) is 5.81. The van der Waals surface area contributed by atoms with Crippen LogP contribution in [0.25, 0.3) is 0 Å². The van der Waals surface area contributed by atoms with Crippen molar-refractivity contribution < 1.29 is 8.42 Å². The zero-order chi connectivity index (χ0) is 12.0. The molecule has 5 nitrogen and oxygen atoms in total. The van der Waals surface area contributed by atoms with Crippen LogP contribution >= 0.6 is 0 Å². The number of pyridine rings is 1. The zero-order valence-electron chi connectivity index (χ0n) is 9.22. The van der Waals surface area contributed by atoms with Crippen molar-refractivity contribution in [2.75, 3.05) is 25.1 Å². The number of nitrogens with one attached hydrogen (secondary N) is 1. The van der Waals surface area contributed by atoms with E-state index < -0.39 is 9.84 Å². The number of nitrogens with zero attached hydrogens (tertiary/aromatic N) is 1. The van der Waals surface area contributed by atoms with Crippen LogP contribution in [0.1, 0.15) is 0 Å². The predicted molar refractivity (Wildman–Crippen MR) is 63.3 cm³/mol. The molecule has 0 spiro atoms. The van der Waals surface area contributed by atoms with Crippen molar-refractivity contribution in [2.45, 2.75) is 6.54 Å². The molecular formula is C10H16N2O3S. The molecule has 90 valence electrons. The van der Waals surface area contributed by atoms with Gasteiger partial charge in [-0.15, -0.1) is 0 Å². The second-order valence-electron chi connectivity index (χ2n) is 3.61. The average Bonchev–Trinajstić information content (AvgIpc) is 2.18. The lowest BCUT2D eigenvalue weighted by molar-refractivity contribution is 0.581. The second-order valence-corrected chi connectivity index (χ2v) is 5.87. The molecule has 0 fully saturated rings. The van der Waals surface area contributed by atoms with Gasteiger partial charge in [0.05, 0.1) is 5.75 Å². The first-order chi connectivity index (χ1) is 7.49. The standard InChI is InChI=1S/C10H16N2O3S/c1-16(14,15)9-6-11-5-8-12-7-3-2-4-10(12)13/h2-4,7,11H,5-6,8-9H2,1H3. The van der Waals surface area contributed by atoms with Gasteiger partial charge in [-0.3, -0.25) is 4.79 Å². The maximum atomic E-state index is 11.3. The highest BCUT2D eigenvalue weighted by atomic mass is 32.2. The monoisotopic (exact) mass is 244 g/mol. The molecule has 0 amide bonds. The smallest absolute Gasteiger partial charge is 0.250 e. The molecule has 0 saturated heterocycles. The molecule has 6 heteroatoms. The average molecular weight is 244 g/mol. The fraction of sp³-hybridized carbons (Fsp3) is 0.500. The summed E-state index contributed by atoms with van der Waals surface area (Å²) in [6.07, 6.45) is 2.91. The topological polar surface area (TPSA) is 68.2 Å². The maximum Gasteiger partial charge on any atom is 0.250 e. The van der Waals surface area contributed by atoms with E-state index in [1.807, 2.05) is 0 Å². The van der Waals surface area contributed by atoms with Crippen molar-refractivity contribution in [1.29, 1.82) is 0 Å². The van der Waals surface area contributed by atoms with Crippen LogP contribution in [0.5, 0.6) is 0 Å². The molecule has 1 rings (SSSR count). The van der Waals surface area contributed by atoms with Crippen molar-refractivity contribution in [3.05, 3.63) is 34.7 Å². The highest BCUT2D eigenvalue weighted by molar-refractivity contribution is 7.90. The summed E-state index contributed by atoms with van der Waals surface area (Å²) < 4.78 is 23.2. The summed E-state index contributed by atoms with van der Waals surface area (Å²) in [7, 11) is -2.91. The van der Waals surface area contributed by atoms with E-state index in [1.54, 1.807) is 22.9 Å². The van der Waals surface area contributed by atoms with Crippen LogP contribution in [0.2, 0.25) is 0 Å². The molecule has 16 heavy (non-hydrogen) atoms. The Bertz CT molecular complexity index is 479. The molecular weight excluding hydrogens is 228 g/mol. The molecule has 0 aliphatic heterocycles. The third-order valence-corrected chi connectivity index (χ3v) is 3.02. The number of hydrogen-bond donors (Lipinski definition) is 1. The van der Waals surface area contributed by atoms with Gasteiger partial charge < -0.3 is 9.88 Å². The van der Waals surface area contributed by atoms with E-state index >= 15 is 0 Å². The summed E-state index contributed by atoms with van der Waals surface area (Å²) in [5.74, 6) is 0.122. The first kappa shape index (κ1) is 12.9. The van der Waals surface area contributed by atoms with Crippen LogP contribution in [0.4, 0.5) is 0 Å². The van der Waals surface area contributed by atoms with Gasteiger partial charge in [0, 0.05) is 38.2 Å². The Labute approximate surface area is 95.0 Å². The molecule has 0 radical (unpaired) electrons. The Balaban J connectivity index is 2.27. The molecule has 1 aromatic rings. The lowest BCUT2D eigenvalue weighted by Crippen LogP contribution is -2.29. The molecule has 0 unspecified atom stereocenters. The van der Waals surface area contributed by atoms with Gasteiger partial charge in [0.2, 0.25) is 0 Å². The summed E-state index contributed by atoms with van der Waals surface area (Å²) in [5, 5.41) is 2.98. The van der Waals surface area contributed by atoms with Crippen LogP contribution in [0, 0.1) is 0 Å². The van der Waals surface area contributed by atoms with Crippen molar-refractivity contribution in [1.82, 2.24) is 9.88 Å². The van der Waals surface area contributed by atoms with Gasteiger partial charge in [0.1, 0.15) is 9.84 Å². The lowest BCUT2D eigenvalue weighted by Gasteiger charge is -2.06. The normalized spacial score (nSPS) is 11.6. The molecule has 0 bridgehead atoms.